The van der Waals surface area contributed by atoms with Crippen LogP contribution in [0.4, 0.5) is 0 Å². The highest BCUT2D eigenvalue weighted by Crippen LogP contribution is 2.22. The van der Waals surface area contributed by atoms with E-state index < -0.39 is 6.10 Å². The normalized spacial score (nSPS) is 12.2. The van der Waals surface area contributed by atoms with Crippen molar-refractivity contribution < 1.29 is 9.90 Å². The van der Waals surface area contributed by atoms with E-state index >= 15 is 0 Å². The van der Waals surface area contributed by atoms with Crippen LogP contribution < -0.4 is 5.32 Å². The van der Waals surface area contributed by atoms with Gasteiger partial charge in [0.2, 0.25) is 0 Å². The van der Waals surface area contributed by atoms with Gasteiger partial charge in [-0.1, -0.05) is 12.1 Å². The summed E-state index contributed by atoms with van der Waals surface area (Å²) < 4.78 is 0. The Bertz CT molecular complexity index is 593. The van der Waals surface area contributed by atoms with Crippen LogP contribution >= 0.6 is 11.3 Å². The molecular weight excluding hydrogens is 272 g/mol. The van der Waals surface area contributed by atoms with Crippen LogP contribution in [0.1, 0.15) is 28.7 Å². The molecule has 106 valence electrons. The number of carbonyl (C=O) groups excluding carboxylic acids is 1. The summed E-state index contributed by atoms with van der Waals surface area (Å²) in [5.41, 5.74) is 2.45. The predicted octanol–water partition coefficient (Wildman–Crippen LogP) is 2.62. The molecule has 2 N–H and O–H groups in total. The van der Waals surface area contributed by atoms with E-state index in [-0.39, 0.29) is 5.91 Å². The zero-order valence-corrected chi connectivity index (χ0v) is 12.4. The number of hydrogen-bond acceptors (Lipinski definition) is 4. The third-order valence-electron chi connectivity index (χ3n) is 2.89. The molecule has 2 rings (SSSR count). The van der Waals surface area contributed by atoms with E-state index in [1.807, 2.05) is 30.5 Å². The molecule has 1 unspecified atom stereocenters. The maximum absolute atomic E-state index is 12.0. The van der Waals surface area contributed by atoms with Gasteiger partial charge < -0.3 is 10.4 Å². The highest BCUT2D eigenvalue weighted by atomic mass is 32.1. The van der Waals surface area contributed by atoms with Gasteiger partial charge in [0.1, 0.15) is 0 Å². The second kappa shape index (κ2) is 6.63. The van der Waals surface area contributed by atoms with E-state index in [0.717, 1.165) is 16.3 Å². The van der Waals surface area contributed by atoms with E-state index in [0.29, 0.717) is 18.5 Å². The molecule has 0 fully saturated rings. The van der Waals surface area contributed by atoms with E-state index in [1.54, 1.807) is 24.3 Å². The Labute approximate surface area is 122 Å². The zero-order chi connectivity index (χ0) is 14.5. The topological polar surface area (TPSA) is 62.2 Å². The number of benzene rings is 1. The molecule has 2 aromatic rings. The van der Waals surface area contributed by atoms with Gasteiger partial charge in [-0.3, -0.25) is 4.79 Å². The average molecular weight is 290 g/mol. The minimum atomic E-state index is -0.403. The molecule has 1 amide bonds. The van der Waals surface area contributed by atoms with E-state index in [1.165, 1.54) is 0 Å². The maximum atomic E-state index is 12.0. The van der Waals surface area contributed by atoms with Gasteiger partial charge in [0, 0.05) is 23.1 Å². The first-order chi connectivity index (χ1) is 9.56. The smallest absolute Gasteiger partial charge is 0.251 e. The molecule has 1 heterocycles. The number of rotatable bonds is 5. The van der Waals surface area contributed by atoms with Crippen molar-refractivity contribution in [3.05, 3.63) is 40.2 Å². The molecule has 4 nitrogen and oxygen atoms in total. The third-order valence-corrected chi connectivity index (χ3v) is 3.66. The molecule has 0 saturated carbocycles. The number of aliphatic hydroxyl groups excluding tert-OH is 1. The predicted molar refractivity (Wildman–Crippen MR) is 80.9 cm³/mol. The largest absolute Gasteiger partial charge is 0.393 e. The van der Waals surface area contributed by atoms with Crippen LogP contribution in [-0.4, -0.2) is 28.6 Å². The molecular formula is C15H18N2O2S. The number of amides is 1. The van der Waals surface area contributed by atoms with Crippen molar-refractivity contribution in [3.8, 4) is 11.3 Å². The van der Waals surface area contributed by atoms with Crippen LogP contribution in [0.25, 0.3) is 11.3 Å². The van der Waals surface area contributed by atoms with Gasteiger partial charge >= 0.3 is 0 Å². The molecule has 0 saturated heterocycles. The van der Waals surface area contributed by atoms with E-state index in [2.05, 4.69) is 10.3 Å². The minimum absolute atomic E-state index is 0.126. The highest BCUT2D eigenvalue weighted by molar-refractivity contribution is 7.09. The first-order valence-corrected chi connectivity index (χ1v) is 7.43. The first-order valence-electron chi connectivity index (χ1n) is 6.55. The number of aromatic nitrogens is 1. The Morgan fingerprint density at radius 3 is 2.95 bits per heavy atom. The number of hydrogen-bond donors (Lipinski definition) is 2. The Morgan fingerprint density at radius 2 is 2.30 bits per heavy atom. The SMILES string of the molecule is Cc1nc(-c2cccc(C(=O)NCCC(C)O)c2)cs1. The van der Waals surface area contributed by atoms with Crippen LogP contribution in [0.3, 0.4) is 0 Å². The molecule has 1 aromatic heterocycles. The van der Waals surface area contributed by atoms with Crippen LogP contribution in [-0.2, 0) is 0 Å². The lowest BCUT2D eigenvalue weighted by Crippen LogP contribution is -2.26. The van der Waals surface area contributed by atoms with Crippen LogP contribution in [0.2, 0.25) is 0 Å². The quantitative estimate of drug-likeness (QED) is 0.890. The monoisotopic (exact) mass is 290 g/mol. The summed E-state index contributed by atoms with van der Waals surface area (Å²) >= 11 is 1.59. The summed E-state index contributed by atoms with van der Waals surface area (Å²) in [6.07, 6.45) is 0.149. The summed E-state index contributed by atoms with van der Waals surface area (Å²) in [4.78, 5) is 16.4. The van der Waals surface area contributed by atoms with Gasteiger partial charge in [0.15, 0.2) is 0 Å². The Balaban J connectivity index is 2.07. The molecule has 0 radical (unpaired) electrons. The fraction of sp³-hybridized carbons (Fsp3) is 0.333. The summed E-state index contributed by atoms with van der Waals surface area (Å²) in [5, 5.41) is 15.0. The molecule has 1 atom stereocenters. The van der Waals surface area contributed by atoms with Crippen LogP contribution in [0.15, 0.2) is 29.6 Å². The van der Waals surface area contributed by atoms with Gasteiger partial charge in [-0.15, -0.1) is 11.3 Å². The molecule has 0 aliphatic heterocycles. The number of thiazole rings is 1. The molecule has 0 aliphatic rings. The Morgan fingerprint density at radius 1 is 1.50 bits per heavy atom. The van der Waals surface area contributed by atoms with Crippen LogP contribution in [0.5, 0.6) is 0 Å². The van der Waals surface area contributed by atoms with Gasteiger partial charge in [-0.25, -0.2) is 4.98 Å². The van der Waals surface area contributed by atoms with Crippen molar-refractivity contribution in [2.24, 2.45) is 0 Å². The van der Waals surface area contributed by atoms with Crippen molar-refractivity contribution >= 4 is 17.2 Å². The fourth-order valence-corrected chi connectivity index (χ4v) is 2.43. The van der Waals surface area contributed by atoms with Gasteiger partial charge in [-0.2, -0.15) is 0 Å². The summed E-state index contributed by atoms with van der Waals surface area (Å²) in [6, 6.07) is 7.42. The maximum Gasteiger partial charge on any atom is 0.251 e. The van der Waals surface area contributed by atoms with Gasteiger partial charge in [-0.05, 0) is 32.4 Å². The molecule has 0 aliphatic carbocycles. The second-order valence-corrected chi connectivity index (χ2v) is 5.79. The molecule has 20 heavy (non-hydrogen) atoms. The number of aliphatic hydroxyl groups is 1. The van der Waals surface area contributed by atoms with Crippen molar-refractivity contribution in [1.29, 1.82) is 0 Å². The standard InChI is InChI=1S/C15H18N2O2S/c1-10(18)6-7-16-15(19)13-5-3-4-12(8-13)14-9-20-11(2)17-14/h3-5,8-10,18H,6-7H2,1-2H3,(H,16,19). The average Bonchev–Trinajstić information content (AvgIpc) is 2.85. The van der Waals surface area contributed by atoms with Crippen molar-refractivity contribution in [2.75, 3.05) is 6.54 Å². The molecule has 0 bridgehead atoms. The summed E-state index contributed by atoms with van der Waals surface area (Å²) in [7, 11) is 0. The van der Waals surface area contributed by atoms with Gasteiger partial charge in [0.25, 0.3) is 5.91 Å². The molecule has 0 spiro atoms. The third kappa shape index (κ3) is 3.88. The summed E-state index contributed by atoms with van der Waals surface area (Å²) in [6.45, 7) is 4.13. The van der Waals surface area contributed by atoms with Crippen molar-refractivity contribution in [1.82, 2.24) is 10.3 Å². The summed E-state index contributed by atoms with van der Waals surface area (Å²) in [5.74, 6) is -0.126. The Kier molecular flexibility index (Phi) is 4.87. The van der Waals surface area contributed by atoms with Gasteiger partial charge in [0.05, 0.1) is 16.8 Å². The fourth-order valence-electron chi connectivity index (χ4n) is 1.81. The molecule has 1 aromatic carbocycles. The van der Waals surface area contributed by atoms with Crippen molar-refractivity contribution in [2.45, 2.75) is 26.4 Å². The lowest BCUT2D eigenvalue weighted by atomic mass is 10.1. The number of nitrogens with zero attached hydrogens (tertiary/aromatic N) is 1. The van der Waals surface area contributed by atoms with Crippen molar-refractivity contribution in [3.63, 3.8) is 0 Å². The minimum Gasteiger partial charge on any atom is -0.393 e. The number of aryl methyl sites for hydroxylation is 1. The number of nitrogens with one attached hydrogen (secondary N) is 1. The lowest BCUT2D eigenvalue weighted by molar-refractivity contribution is 0.0945. The van der Waals surface area contributed by atoms with E-state index in [4.69, 9.17) is 0 Å². The first kappa shape index (κ1) is 14.7. The van der Waals surface area contributed by atoms with Crippen LogP contribution in [0, 0.1) is 6.92 Å². The second-order valence-electron chi connectivity index (χ2n) is 4.73. The highest BCUT2D eigenvalue weighted by Gasteiger charge is 2.08. The van der Waals surface area contributed by atoms with E-state index in [9.17, 15) is 9.90 Å². The zero-order valence-electron chi connectivity index (χ0n) is 11.6. The Hall–Kier alpha value is -1.72. The molecule has 5 heteroatoms. The lowest BCUT2D eigenvalue weighted by Gasteiger charge is -2.07. The number of carbonyl (C=O) groups is 1.